The van der Waals surface area contributed by atoms with Crippen molar-refractivity contribution in [2.45, 2.75) is 38.6 Å². The molecule has 3 nitrogen and oxygen atoms in total. The molecule has 3 rings (SSSR count). The molecule has 1 atom stereocenters. The van der Waals surface area contributed by atoms with Crippen LogP contribution in [0, 0.1) is 5.41 Å². The minimum Gasteiger partial charge on any atom is -0.396 e. The summed E-state index contributed by atoms with van der Waals surface area (Å²) in [6.45, 7) is 7.21. The molecule has 2 aliphatic heterocycles. The molecule has 2 saturated heterocycles. The first-order valence-electron chi connectivity index (χ1n) is 8.41. The topological polar surface area (TPSA) is 26.7 Å². The lowest BCUT2D eigenvalue weighted by atomic mass is 9.76. The molecule has 0 spiro atoms. The van der Waals surface area contributed by atoms with Gasteiger partial charge in [-0.25, -0.2) is 0 Å². The summed E-state index contributed by atoms with van der Waals surface area (Å²) >= 11 is 0. The summed E-state index contributed by atoms with van der Waals surface area (Å²) in [5, 5.41) is 9.66. The third-order valence-electron chi connectivity index (χ3n) is 5.75. The Hall–Kier alpha value is -1.06. The lowest BCUT2D eigenvalue weighted by Gasteiger charge is -2.42. The largest absolute Gasteiger partial charge is 0.396 e. The van der Waals surface area contributed by atoms with Gasteiger partial charge in [-0.1, -0.05) is 25.1 Å². The SMILES string of the molecule is CCC1(CO)CCN(C2CCN(c3ccccc3)C2)CC1. The molecule has 0 aromatic heterocycles. The van der Waals surface area contributed by atoms with Crippen LogP contribution >= 0.6 is 0 Å². The Morgan fingerprint density at radius 2 is 1.86 bits per heavy atom. The summed E-state index contributed by atoms with van der Waals surface area (Å²) < 4.78 is 0. The van der Waals surface area contributed by atoms with Crippen LogP contribution in [-0.4, -0.2) is 48.8 Å². The molecular weight excluding hydrogens is 260 g/mol. The molecule has 0 amide bonds. The summed E-state index contributed by atoms with van der Waals surface area (Å²) in [4.78, 5) is 5.17. The number of likely N-dealkylation sites (tertiary alicyclic amines) is 1. The fourth-order valence-corrected chi connectivity index (χ4v) is 3.90. The Bertz CT molecular complexity index is 434. The number of hydrogen-bond donors (Lipinski definition) is 1. The third kappa shape index (κ3) is 3.09. The predicted octanol–water partition coefficient (Wildman–Crippen LogP) is 2.75. The van der Waals surface area contributed by atoms with Gasteiger partial charge in [0.1, 0.15) is 0 Å². The first-order valence-corrected chi connectivity index (χ1v) is 8.41. The number of hydrogen-bond acceptors (Lipinski definition) is 3. The van der Waals surface area contributed by atoms with E-state index in [9.17, 15) is 5.11 Å². The van der Waals surface area contributed by atoms with Gasteiger partial charge in [-0.3, -0.25) is 4.90 Å². The van der Waals surface area contributed by atoms with Gasteiger partial charge >= 0.3 is 0 Å². The zero-order valence-corrected chi connectivity index (χ0v) is 13.2. The van der Waals surface area contributed by atoms with Crippen LogP contribution in [0.4, 0.5) is 5.69 Å². The number of rotatable bonds is 4. The van der Waals surface area contributed by atoms with Crippen molar-refractivity contribution in [1.82, 2.24) is 4.90 Å². The maximum absolute atomic E-state index is 9.66. The molecule has 1 N–H and O–H groups in total. The van der Waals surface area contributed by atoms with Crippen molar-refractivity contribution < 1.29 is 5.11 Å². The van der Waals surface area contributed by atoms with Crippen LogP contribution in [0.15, 0.2) is 30.3 Å². The number of anilines is 1. The van der Waals surface area contributed by atoms with E-state index in [1.807, 2.05) is 0 Å². The van der Waals surface area contributed by atoms with Crippen LogP contribution in [0.3, 0.4) is 0 Å². The average molecular weight is 288 g/mol. The number of para-hydroxylation sites is 1. The highest BCUT2D eigenvalue weighted by Gasteiger charge is 2.36. The van der Waals surface area contributed by atoms with Crippen LogP contribution < -0.4 is 4.90 Å². The second-order valence-corrected chi connectivity index (χ2v) is 6.77. The molecule has 0 bridgehead atoms. The van der Waals surface area contributed by atoms with E-state index in [4.69, 9.17) is 0 Å². The van der Waals surface area contributed by atoms with Gasteiger partial charge in [0.05, 0.1) is 0 Å². The third-order valence-corrected chi connectivity index (χ3v) is 5.75. The molecule has 1 aromatic carbocycles. The first-order chi connectivity index (χ1) is 10.3. The Morgan fingerprint density at radius 1 is 1.14 bits per heavy atom. The summed E-state index contributed by atoms with van der Waals surface area (Å²) in [5.74, 6) is 0. The quantitative estimate of drug-likeness (QED) is 0.923. The predicted molar refractivity (Wildman–Crippen MR) is 87.7 cm³/mol. The van der Waals surface area contributed by atoms with Crippen molar-refractivity contribution in [1.29, 1.82) is 0 Å². The number of aliphatic hydroxyl groups is 1. The minimum atomic E-state index is 0.203. The monoisotopic (exact) mass is 288 g/mol. The van der Waals surface area contributed by atoms with Gasteiger partial charge in [0, 0.05) is 31.4 Å². The summed E-state index contributed by atoms with van der Waals surface area (Å²) in [7, 11) is 0. The van der Waals surface area contributed by atoms with Crippen LogP contribution in [-0.2, 0) is 0 Å². The normalized spacial score (nSPS) is 26.2. The molecule has 116 valence electrons. The van der Waals surface area contributed by atoms with Gasteiger partial charge in [-0.2, -0.15) is 0 Å². The molecule has 21 heavy (non-hydrogen) atoms. The standard InChI is InChI=1S/C18H28N2O/c1-2-18(15-21)9-12-19(13-10-18)17-8-11-20(14-17)16-6-4-3-5-7-16/h3-7,17,21H,2,8-15H2,1H3. The fraction of sp³-hybridized carbons (Fsp3) is 0.667. The van der Waals surface area contributed by atoms with Gasteiger partial charge < -0.3 is 10.0 Å². The van der Waals surface area contributed by atoms with E-state index in [-0.39, 0.29) is 5.41 Å². The van der Waals surface area contributed by atoms with Crippen LogP contribution in [0.1, 0.15) is 32.6 Å². The van der Waals surface area contributed by atoms with Gasteiger partial charge in [-0.05, 0) is 56.3 Å². The van der Waals surface area contributed by atoms with Crippen molar-refractivity contribution in [3.63, 3.8) is 0 Å². The van der Waals surface area contributed by atoms with E-state index in [1.165, 1.54) is 18.7 Å². The molecule has 0 aliphatic carbocycles. The fourth-order valence-electron chi connectivity index (χ4n) is 3.90. The lowest BCUT2D eigenvalue weighted by Crippen LogP contribution is -2.47. The number of aliphatic hydroxyl groups excluding tert-OH is 1. The molecular formula is C18H28N2O. The second-order valence-electron chi connectivity index (χ2n) is 6.77. The summed E-state index contributed by atoms with van der Waals surface area (Å²) in [6, 6.07) is 11.5. The van der Waals surface area contributed by atoms with E-state index in [1.54, 1.807) is 0 Å². The van der Waals surface area contributed by atoms with Crippen molar-refractivity contribution in [2.75, 3.05) is 37.7 Å². The molecule has 2 aliphatic rings. The van der Waals surface area contributed by atoms with E-state index in [2.05, 4.69) is 47.1 Å². The Kier molecular flexibility index (Phi) is 4.51. The average Bonchev–Trinajstić information content (AvgIpc) is 3.06. The van der Waals surface area contributed by atoms with Crippen molar-refractivity contribution in [3.8, 4) is 0 Å². The smallest absolute Gasteiger partial charge is 0.0488 e. The number of nitrogens with zero attached hydrogens (tertiary/aromatic N) is 2. The lowest BCUT2D eigenvalue weighted by molar-refractivity contribution is 0.0279. The van der Waals surface area contributed by atoms with E-state index >= 15 is 0 Å². The van der Waals surface area contributed by atoms with E-state index in [0.717, 1.165) is 38.9 Å². The van der Waals surface area contributed by atoms with Crippen molar-refractivity contribution in [3.05, 3.63) is 30.3 Å². The second kappa shape index (κ2) is 6.37. The highest BCUT2D eigenvalue weighted by Crippen LogP contribution is 2.36. The van der Waals surface area contributed by atoms with Crippen LogP contribution in [0.5, 0.6) is 0 Å². The highest BCUT2D eigenvalue weighted by molar-refractivity contribution is 5.47. The summed E-state index contributed by atoms with van der Waals surface area (Å²) in [5.41, 5.74) is 1.56. The molecule has 2 heterocycles. The van der Waals surface area contributed by atoms with E-state index in [0.29, 0.717) is 12.6 Å². The van der Waals surface area contributed by atoms with Crippen molar-refractivity contribution in [2.24, 2.45) is 5.41 Å². The molecule has 0 saturated carbocycles. The Labute approximate surface area is 128 Å². The molecule has 3 heteroatoms. The molecule has 1 aromatic rings. The molecule has 2 fully saturated rings. The summed E-state index contributed by atoms with van der Waals surface area (Å²) in [6.07, 6.45) is 4.69. The zero-order chi connectivity index (χ0) is 14.7. The first kappa shape index (κ1) is 14.9. The zero-order valence-electron chi connectivity index (χ0n) is 13.2. The minimum absolute atomic E-state index is 0.203. The maximum atomic E-state index is 9.66. The van der Waals surface area contributed by atoms with Gasteiger partial charge in [-0.15, -0.1) is 0 Å². The van der Waals surface area contributed by atoms with Gasteiger partial charge in [0.25, 0.3) is 0 Å². The van der Waals surface area contributed by atoms with E-state index < -0.39 is 0 Å². The van der Waals surface area contributed by atoms with Crippen LogP contribution in [0.25, 0.3) is 0 Å². The van der Waals surface area contributed by atoms with Crippen molar-refractivity contribution >= 4 is 5.69 Å². The van der Waals surface area contributed by atoms with Gasteiger partial charge in [0.2, 0.25) is 0 Å². The Balaban J connectivity index is 1.56. The Morgan fingerprint density at radius 3 is 2.48 bits per heavy atom. The number of piperidine rings is 1. The highest BCUT2D eigenvalue weighted by atomic mass is 16.3. The molecule has 1 unspecified atom stereocenters. The number of benzene rings is 1. The van der Waals surface area contributed by atoms with Gasteiger partial charge in [0.15, 0.2) is 0 Å². The maximum Gasteiger partial charge on any atom is 0.0488 e. The molecule has 0 radical (unpaired) electrons. The van der Waals surface area contributed by atoms with Crippen LogP contribution in [0.2, 0.25) is 0 Å².